The SMILES string of the molecule is COc1cc(C(C)NCc2ccnn2C)ccc1O. The van der Waals surface area contributed by atoms with Crippen molar-refractivity contribution in [3.05, 3.63) is 41.7 Å². The van der Waals surface area contributed by atoms with Gasteiger partial charge in [-0.15, -0.1) is 0 Å². The second kappa shape index (κ2) is 5.75. The molecule has 0 fully saturated rings. The lowest BCUT2D eigenvalue weighted by Gasteiger charge is -2.15. The second-order valence-electron chi connectivity index (χ2n) is 4.48. The lowest BCUT2D eigenvalue weighted by molar-refractivity contribution is 0.372. The summed E-state index contributed by atoms with van der Waals surface area (Å²) in [6.45, 7) is 2.81. The van der Waals surface area contributed by atoms with E-state index in [2.05, 4.69) is 17.3 Å². The topological polar surface area (TPSA) is 59.3 Å². The Bertz CT molecular complexity index is 551. The van der Waals surface area contributed by atoms with Gasteiger partial charge in [0, 0.05) is 25.8 Å². The molecule has 1 aromatic carbocycles. The van der Waals surface area contributed by atoms with Crippen LogP contribution < -0.4 is 10.1 Å². The van der Waals surface area contributed by atoms with Crippen LogP contribution in [0.15, 0.2) is 30.5 Å². The summed E-state index contributed by atoms with van der Waals surface area (Å²) in [6.07, 6.45) is 1.78. The van der Waals surface area contributed by atoms with Crippen LogP contribution in [0.5, 0.6) is 11.5 Å². The Hall–Kier alpha value is -2.01. The van der Waals surface area contributed by atoms with Gasteiger partial charge >= 0.3 is 0 Å². The van der Waals surface area contributed by atoms with Crippen LogP contribution in [-0.2, 0) is 13.6 Å². The molecule has 0 spiro atoms. The van der Waals surface area contributed by atoms with Crippen LogP contribution in [0.4, 0.5) is 0 Å². The number of aromatic hydroxyl groups is 1. The van der Waals surface area contributed by atoms with E-state index in [1.165, 1.54) is 0 Å². The van der Waals surface area contributed by atoms with E-state index in [-0.39, 0.29) is 11.8 Å². The highest BCUT2D eigenvalue weighted by atomic mass is 16.5. The smallest absolute Gasteiger partial charge is 0.160 e. The molecule has 1 unspecified atom stereocenters. The quantitative estimate of drug-likeness (QED) is 0.864. The van der Waals surface area contributed by atoms with Crippen LogP contribution in [0.3, 0.4) is 0 Å². The number of methoxy groups -OCH3 is 1. The third kappa shape index (κ3) is 3.06. The van der Waals surface area contributed by atoms with E-state index in [0.29, 0.717) is 5.75 Å². The van der Waals surface area contributed by atoms with Gasteiger partial charge in [0.25, 0.3) is 0 Å². The molecule has 5 heteroatoms. The average molecular weight is 261 g/mol. The minimum atomic E-state index is 0.157. The number of hydrogen-bond donors (Lipinski definition) is 2. The molecule has 0 amide bonds. The standard InChI is InChI=1S/C14H19N3O2/c1-10(15-9-12-6-7-16-17(12)2)11-4-5-13(18)14(8-11)19-3/h4-8,10,15,18H,9H2,1-3H3. The average Bonchev–Trinajstić information content (AvgIpc) is 2.82. The molecule has 1 aromatic heterocycles. The molecule has 0 radical (unpaired) electrons. The summed E-state index contributed by atoms with van der Waals surface area (Å²) in [5.41, 5.74) is 2.19. The molecule has 0 saturated carbocycles. The minimum Gasteiger partial charge on any atom is -0.504 e. The van der Waals surface area contributed by atoms with E-state index in [4.69, 9.17) is 4.74 Å². The first-order valence-corrected chi connectivity index (χ1v) is 6.19. The highest BCUT2D eigenvalue weighted by Crippen LogP contribution is 2.28. The third-order valence-electron chi connectivity index (χ3n) is 3.22. The molecule has 1 heterocycles. The molecule has 0 saturated heterocycles. The van der Waals surface area contributed by atoms with E-state index >= 15 is 0 Å². The number of hydrogen-bond acceptors (Lipinski definition) is 4. The minimum absolute atomic E-state index is 0.157. The predicted octanol–water partition coefficient (Wildman–Crippen LogP) is 1.99. The summed E-state index contributed by atoms with van der Waals surface area (Å²) in [5, 5.41) is 17.1. The Labute approximate surface area is 112 Å². The fourth-order valence-corrected chi connectivity index (χ4v) is 1.91. The molecule has 0 aliphatic rings. The van der Waals surface area contributed by atoms with Crippen LogP contribution >= 0.6 is 0 Å². The number of phenols is 1. The van der Waals surface area contributed by atoms with E-state index < -0.39 is 0 Å². The van der Waals surface area contributed by atoms with Gasteiger partial charge in [0.2, 0.25) is 0 Å². The van der Waals surface area contributed by atoms with E-state index in [9.17, 15) is 5.11 Å². The zero-order valence-electron chi connectivity index (χ0n) is 11.4. The summed E-state index contributed by atoms with van der Waals surface area (Å²) in [6, 6.07) is 7.52. The number of phenolic OH excluding ortho intramolecular Hbond substituents is 1. The maximum Gasteiger partial charge on any atom is 0.160 e. The van der Waals surface area contributed by atoms with Crippen LogP contribution in [0.2, 0.25) is 0 Å². The van der Waals surface area contributed by atoms with Gasteiger partial charge < -0.3 is 15.2 Å². The Morgan fingerprint density at radius 2 is 2.21 bits per heavy atom. The van der Waals surface area contributed by atoms with Crippen LogP contribution in [0, 0.1) is 0 Å². The fourth-order valence-electron chi connectivity index (χ4n) is 1.91. The lowest BCUT2D eigenvalue weighted by atomic mass is 10.1. The summed E-state index contributed by atoms with van der Waals surface area (Å²) >= 11 is 0. The molecule has 2 aromatic rings. The van der Waals surface area contributed by atoms with Crippen molar-refractivity contribution in [2.75, 3.05) is 7.11 Å². The number of nitrogens with one attached hydrogen (secondary N) is 1. The van der Waals surface area contributed by atoms with E-state index in [0.717, 1.165) is 17.8 Å². The van der Waals surface area contributed by atoms with Gasteiger partial charge in [-0.2, -0.15) is 5.10 Å². The van der Waals surface area contributed by atoms with Crippen LogP contribution in [0.1, 0.15) is 24.2 Å². The summed E-state index contributed by atoms with van der Waals surface area (Å²) in [4.78, 5) is 0. The number of aromatic nitrogens is 2. The summed E-state index contributed by atoms with van der Waals surface area (Å²) in [7, 11) is 3.47. The Morgan fingerprint density at radius 3 is 2.84 bits per heavy atom. The molecule has 1 atom stereocenters. The highest BCUT2D eigenvalue weighted by Gasteiger charge is 2.09. The van der Waals surface area contributed by atoms with E-state index in [1.54, 1.807) is 19.4 Å². The highest BCUT2D eigenvalue weighted by molar-refractivity contribution is 5.42. The maximum absolute atomic E-state index is 9.58. The molecule has 102 valence electrons. The maximum atomic E-state index is 9.58. The zero-order chi connectivity index (χ0) is 13.8. The number of rotatable bonds is 5. The number of benzene rings is 1. The van der Waals surface area contributed by atoms with Gasteiger partial charge in [0.15, 0.2) is 11.5 Å². The fraction of sp³-hybridized carbons (Fsp3) is 0.357. The predicted molar refractivity (Wildman–Crippen MR) is 73.1 cm³/mol. The van der Waals surface area contributed by atoms with Crippen molar-refractivity contribution >= 4 is 0 Å². The van der Waals surface area contributed by atoms with Crippen molar-refractivity contribution < 1.29 is 9.84 Å². The summed E-state index contributed by atoms with van der Waals surface area (Å²) in [5.74, 6) is 0.650. The van der Waals surface area contributed by atoms with Crippen molar-refractivity contribution in [2.45, 2.75) is 19.5 Å². The zero-order valence-corrected chi connectivity index (χ0v) is 11.4. The number of aryl methyl sites for hydroxylation is 1. The van der Waals surface area contributed by atoms with Gasteiger partial charge in [0.1, 0.15) is 0 Å². The van der Waals surface area contributed by atoms with Crippen LogP contribution in [0.25, 0.3) is 0 Å². The molecular weight excluding hydrogens is 242 g/mol. The van der Waals surface area contributed by atoms with Crippen LogP contribution in [-0.4, -0.2) is 22.0 Å². The number of ether oxygens (including phenoxy) is 1. The Morgan fingerprint density at radius 1 is 1.42 bits per heavy atom. The van der Waals surface area contributed by atoms with Crippen molar-refractivity contribution in [1.82, 2.24) is 15.1 Å². The van der Waals surface area contributed by atoms with Gasteiger partial charge in [-0.05, 0) is 30.7 Å². The molecule has 0 aliphatic heterocycles. The summed E-state index contributed by atoms with van der Waals surface area (Å²) < 4.78 is 6.96. The lowest BCUT2D eigenvalue weighted by Crippen LogP contribution is -2.19. The second-order valence-corrected chi connectivity index (χ2v) is 4.48. The van der Waals surface area contributed by atoms with Crippen molar-refractivity contribution in [3.8, 4) is 11.5 Å². The molecule has 0 aliphatic carbocycles. The van der Waals surface area contributed by atoms with Gasteiger partial charge in [0.05, 0.1) is 12.8 Å². The van der Waals surface area contributed by atoms with Gasteiger partial charge in [-0.3, -0.25) is 4.68 Å². The Balaban J connectivity index is 2.03. The molecule has 5 nitrogen and oxygen atoms in total. The van der Waals surface area contributed by atoms with Crippen molar-refractivity contribution in [3.63, 3.8) is 0 Å². The monoisotopic (exact) mass is 261 g/mol. The molecule has 19 heavy (non-hydrogen) atoms. The molecule has 2 rings (SSSR count). The Kier molecular flexibility index (Phi) is 4.06. The largest absolute Gasteiger partial charge is 0.504 e. The first kappa shape index (κ1) is 13.4. The number of nitrogens with zero attached hydrogens (tertiary/aromatic N) is 2. The first-order chi connectivity index (χ1) is 9.11. The normalized spacial score (nSPS) is 12.4. The van der Waals surface area contributed by atoms with E-state index in [1.807, 2.05) is 29.9 Å². The molecule has 0 bridgehead atoms. The molecule has 2 N–H and O–H groups in total. The van der Waals surface area contributed by atoms with Gasteiger partial charge in [-0.25, -0.2) is 0 Å². The van der Waals surface area contributed by atoms with Crippen molar-refractivity contribution in [1.29, 1.82) is 0 Å². The third-order valence-corrected chi connectivity index (χ3v) is 3.22. The van der Waals surface area contributed by atoms with Crippen molar-refractivity contribution in [2.24, 2.45) is 7.05 Å². The first-order valence-electron chi connectivity index (χ1n) is 6.19. The molecular formula is C14H19N3O2. The van der Waals surface area contributed by atoms with Gasteiger partial charge in [-0.1, -0.05) is 6.07 Å².